The van der Waals surface area contributed by atoms with Gasteiger partial charge in [-0.3, -0.25) is 0 Å². The number of rotatable bonds is 5. The summed E-state index contributed by atoms with van der Waals surface area (Å²) in [4.78, 5) is 1.37. The Hall–Kier alpha value is -1.06. The molecule has 2 nitrogen and oxygen atoms in total. The van der Waals surface area contributed by atoms with Crippen molar-refractivity contribution >= 4 is 11.3 Å². The maximum absolute atomic E-state index is 5.54. The van der Waals surface area contributed by atoms with Gasteiger partial charge in [0.1, 0.15) is 5.76 Å². The maximum atomic E-state index is 5.54. The quantitative estimate of drug-likeness (QED) is 0.869. The highest BCUT2D eigenvalue weighted by molar-refractivity contribution is 7.10. The summed E-state index contributed by atoms with van der Waals surface area (Å²) >= 11 is 1.80. The minimum atomic E-state index is 0.264. The molecule has 0 saturated carbocycles. The van der Waals surface area contributed by atoms with E-state index >= 15 is 0 Å². The molecule has 0 fully saturated rings. The molecular weight excluding hydrogens is 230 g/mol. The summed E-state index contributed by atoms with van der Waals surface area (Å²) in [5.41, 5.74) is 2.64. The highest BCUT2D eigenvalue weighted by atomic mass is 32.1. The van der Waals surface area contributed by atoms with Crippen molar-refractivity contribution < 1.29 is 4.42 Å². The first-order chi connectivity index (χ1) is 8.27. The average molecular weight is 249 g/mol. The van der Waals surface area contributed by atoms with Crippen LogP contribution in [-0.2, 0) is 6.42 Å². The zero-order valence-corrected chi connectivity index (χ0v) is 11.4. The molecule has 17 heavy (non-hydrogen) atoms. The second kappa shape index (κ2) is 5.52. The predicted molar refractivity (Wildman–Crippen MR) is 72.7 cm³/mol. The van der Waals surface area contributed by atoms with Gasteiger partial charge in [-0.05, 0) is 36.5 Å². The molecule has 0 aromatic carbocycles. The number of furan rings is 1. The molecule has 0 aliphatic heterocycles. The zero-order valence-electron chi connectivity index (χ0n) is 10.6. The van der Waals surface area contributed by atoms with Crippen molar-refractivity contribution in [2.45, 2.75) is 33.2 Å². The van der Waals surface area contributed by atoms with Crippen molar-refractivity contribution in [2.24, 2.45) is 0 Å². The van der Waals surface area contributed by atoms with Crippen LogP contribution in [0, 0.1) is 6.92 Å². The molecule has 1 atom stereocenters. The van der Waals surface area contributed by atoms with E-state index in [-0.39, 0.29) is 6.04 Å². The fraction of sp³-hybridized carbons (Fsp3) is 0.429. The normalized spacial score (nSPS) is 12.9. The van der Waals surface area contributed by atoms with Crippen LogP contribution in [0.25, 0.3) is 0 Å². The van der Waals surface area contributed by atoms with Crippen molar-refractivity contribution in [3.8, 4) is 0 Å². The van der Waals surface area contributed by atoms with E-state index in [9.17, 15) is 0 Å². The predicted octanol–water partition coefficient (Wildman–Crippen LogP) is 3.91. The van der Waals surface area contributed by atoms with Gasteiger partial charge in [0.2, 0.25) is 0 Å². The third kappa shape index (κ3) is 2.45. The van der Waals surface area contributed by atoms with Gasteiger partial charge in [-0.2, -0.15) is 0 Å². The van der Waals surface area contributed by atoms with Gasteiger partial charge in [-0.1, -0.05) is 13.8 Å². The molecule has 0 saturated heterocycles. The van der Waals surface area contributed by atoms with Gasteiger partial charge in [0, 0.05) is 16.9 Å². The van der Waals surface area contributed by atoms with E-state index in [1.165, 1.54) is 16.0 Å². The van der Waals surface area contributed by atoms with Crippen molar-refractivity contribution in [1.82, 2.24) is 5.32 Å². The van der Waals surface area contributed by atoms with Crippen LogP contribution in [0.5, 0.6) is 0 Å². The van der Waals surface area contributed by atoms with E-state index < -0.39 is 0 Å². The molecule has 0 spiro atoms. The minimum absolute atomic E-state index is 0.264. The summed E-state index contributed by atoms with van der Waals surface area (Å²) < 4.78 is 5.54. The first-order valence-corrected chi connectivity index (χ1v) is 6.99. The van der Waals surface area contributed by atoms with E-state index in [0.29, 0.717) is 0 Å². The van der Waals surface area contributed by atoms with E-state index in [2.05, 4.69) is 43.6 Å². The van der Waals surface area contributed by atoms with Gasteiger partial charge >= 0.3 is 0 Å². The second-order valence-corrected chi connectivity index (χ2v) is 5.20. The number of thiophene rings is 1. The molecule has 0 bridgehead atoms. The molecule has 3 heteroatoms. The van der Waals surface area contributed by atoms with Crippen molar-refractivity contribution in [2.75, 3.05) is 6.54 Å². The van der Waals surface area contributed by atoms with Crippen molar-refractivity contribution in [3.05, 3.63) is 45.5 Å². The number of nitrogens with one attached hydrogen (secondary N) is 1. The molecule has 1 unspecified atom stereocenters. The molecule has 92 valence electrons. The lowest BCUT2D eigenvalue weighted by Crippen LogP contribution is -2.22. The van der Waals surface area contributed by atoms with Crippen LogP contribution in [0.4, 0.5) is 0 Å². The number of hydrogen-bond donors (Lipinski definition) is 1. The van der Waals surface area contributed by atoms with E-state index in [1.54, 1.807) is 17.6 Å². The fourth-order valence-electron chi connectivity index (χ4n) is 2.18. The Morgan fingerprint density at radius 3 is 2.71 bits per heavy atom. The summed E-state index contributed by atoms with van der Waals surface area (Å²) in [6, 6.07) is 4.56. The molecular formula is C14H19NOS. The van der Waals surface area contributed by atoms with Crippen LogP contribution < -0.4 is 5.32 Å². The molecule has 2 heterocycles. The van der Waals surface area contributed by atoms with Gasteiger partial charge in [-0.25, -0.2) is 0 Å². The minimum Gasteiger partial charge on any atom is -0.469 e. The summed E-state index contributed by atoms with van der Waals surface area (Å²) in [6.45, 7) is 7.40. The highest BCUT2D eigenvalue weighted by Gasteiger charge is 2.20. The van der Waals surface area contributed by atoms with Gasteiger partial charge in [0.05, 0.1) is 12.3 Å². The smallest absolute Gasteiger partial charge is 0.108 e. The van der Waals surface area contributed by atoms with Crippen LogP contribution in [0.15, 0.2) is 28.2 Å². The summed E-state index contributed by atoms with van der Waals surface area (Å²) in [7, 11) is 0. The molecule has 0 aliphatic rings. The van der Waals surface area contributed by atoms with Crippen molar-refractivity contribution in [3.63, 3.8) is 0 Å². The molecule has 2 aromatic heterocycles. The largest absolute Gasteiger partial charge is 0.469 e. The van der Waals surface area contributed by atoms with E-state index in [0.717, 1.165) is 18.7 Å². The lowest BCUT2D eigenvalue weighted by Gasteiger charge is -2.18. The topological polar surface area (TPSA) is 25.2 Å². The van der Waals surface area contributed by atoms with Crippen LogP contribution >= 0.6 is 11.3 Å². The highest BCUT2D eigenvalue weighted by Crippen LogP contribution is 2.30. The lowest BCUT2D eigenvalue weighted by molar-refractivity contribution is 0.502. The lowest BCUT2D eigenvalue weighted by atomic mass is 9.99. The maximum Gasteiger partial charge on any atom is 0.108 e. The Morgan fingerprint density at radius 2 is 2.12 bits per heavy atom. The SMILES string of the molecule is CCNC(c1ccoc1CC)c1ccsc1C. The third-order valence-electron chi connectivity index (χ3n) is 3.03. The van der Waals surface area contributed by atoms with Crippen LogP contribution in [0.3, 0.4) is 0 Å². The Morgan fingerprint density at radius 1 is 1.29 bits per heavy atom. The second-order valence-electron chi connectivity index (χ2n) is 4.08. The Bertz CT molecular complexity index is 472. The van der Waals surface area contributed by atoms with E-state index in [1.807, 2.05) is 0 Å². The molecule has 0 aliphatic carbocycles. The van der Waals surface area contributed by atoms with Gasteiger partial charge < -0.3 is 9.73 Å². The third-order valence-corrected chi connectivity index (χ3v) is 3.89. The fourth-order valence-corrected chi connectivity index (χ4v) is 2.92. The Kier molecular flexibility index (Phi) is 4.02. The monoisotopic (exact) mass is 249 g/mol. The molecule has 0 amide bonds. The molecule has 0 radical (unpaired) electrons. The first kappa shape index (κ1) is 12.4. The van der Waals surface area contributed by atoms with E-state index in [4.69, 9.17) is 4.42 Å². The van der Waals surface area contributed by atoms with Crippen LogP contribution in [0.1, 0.15) is 41.7 Å². The molecule has 1 N–H and O–H groups in total. The summed E-state index contributed by atoms with van der Waals surface area (Å²) in [5, 5.41) is 5.70. The number of hydrogen-bond acceptors (Lipinski definition) is 3. The first-order valence-electron chi connectivity index (χ1n) is 6.11. The van der Waals surface area contributed by atoms with Crippen molar-refractivity contribution in [1.29, 1.82) is 0 Å². The molecule has 2 aromatic rings. The molecule has 2 rings (SSSR count). The Balaban J connectivity index is 2.39. The zero-order chi connectivity index (χ0) is 12.3. The number of aryl methyl sites for hydroxylation is 2. The van der Waals surface area contributed by atoms with Gasteiger partial charge in [0.15, 0.2) is 0 Å². The van der Waals surface area contributed by atoms with Crippen LogP contribution in [-0.4, -0.2) is 6.54 Å². The summed E-state index contributed by atoms with van der Waals surface area (Å²) in [5.74, 6) is 1.08. The van der Waals surface area contributed by atoms with Crippen LogP contribution in [0.2, 0.25) is 0 Å². The Labute approximate surface area is 107 Å². The standard InChI is InChI=1S/C14H19NOS/c1-4-13-12(6-8-16-13)14(15-5-2)11-7-9-17-10(11)3/h6-9,14-15H,4-5H2,1-3H3. The average Bonchev–Trinajstić information content (AvgIpc) is 2.94. The van der Waals surface area contributed by atoms with Gasteiger partial charge in [-0.15, -0.1) is 11.3 Å². The van der Waals surface area contributed by atoms with Gasteiger partial charge in [0.25, 0.3) is 0 Å². The summed E-state index contributed by atoms with van der Waals surface area (Å²) in [6.07, 6.45) is 2.73.